The number of phenols is 1. The first-order valence-electron chi connectivity index (χ1n) is 8.02. The van der Waals surface area contributed by atoms with Gasteiger partial charge < -0.3 is 9.84 Å². The quantitative estimate of drug-likeness (QED) is 0.856. The highest BCUT2D eigenvalue weighted by atomic mass is 16.5. The van der Waals surface area contributed by atoms with Crippen LogP contribution in [0.4, 0.5) is 0 Å². The van der Waals surface area contributed by atoms with E-state index in [1.54, 1.807) is 0 Å². The number of morpholine rings is 1. The maximum absolute atomic E-state index is 9.87. The van der Waals surface area contributed by atoms with Gasteiger partial charge in [-0.15, -0.1) is 0 Å². The molecule has 116 valence electrons. The number of ether oxygens (including phenoxy) is 1. The fourth-order valence-corrected chi connectivity index (χ4v) is 4.21. The van der Waals surface area contributed by atoms with Gasteiger partial charge in [-0.3, -0.25) is 4.90 Å². The van der Waals surface area contributed by atoms with Crippen molar-refractivity contribution in [3.8, 4) is 5.75 Å². The second-order valence-electron chi connectivity index (χ2n) is 7.82. The van der Waals surface area contributed by atoms with Gasteiger partial charge in [0, 0.05) is 19.1 Å². The Hall–Kier alpha value is -1.06. The highest BCUT2D eigenvalue weighted by molar-refractivity contribution is 5.38. The smallest absolute Gasteiger partial charge is 0.115 e. The monoisotopic (exact) mass is 289 g/mol. The molecule has 1 N–H and O–H groups in total. The van der Waals surface area contributed by atoms with Crippen LogP contribution in [0.2, 0.25) is 0 Å². The molecule has 1 aromatic rings. The van der Waals surface area contributed by atoms with Crippen LogP contribution in [0, 0.1) is 0 Å². The van der Waals surface area contributed by atoms with Crippen molar-refractivity contribution in [3.63, 3.8) is 0 Å². The van der Waals surface area contributed by atoms with E-state index in [0.717, 1.165) is 19.5 Å². The standard InChI is InChI=1S/C18H27NO2/c1-17(2)11-19(12-18(3,4)21-17)16-7-5-6-13-8-9-14(20)10-15(13)16/h8-10,16,20H,5-7,11-12H2,1-4H3. The van der Waals surface area contributed by atoms with Crippen LogP contribution in [0.3, 0.4) is 0 Å². The van der Waals surface area contributed by atoms with Crippen LogP contribution < -0.4 is 0 Å². The van der Waals surface area contributed by atoms with Crippen molar-refractivity contribution < 1.29 is 9.84 Å². The minimum atomic E-state index is -0.129. The lowest BCUT2D eigenvalue weighted by Gasteiger charge is -2.50. The zero-order valence-electron chi connectivity index (χ0n) is 13.6. The fourth-order valence-electron chi connectivity index (χ4n) is 4.21. The summed E-state index contributed by atoms with van der Waals surface area (Å²) in [6.45, 7) is 10.6. The summed E-state index contributed by atoms with van der Waals surface area (Å²) < 4.78 is 6.20. The minimum Gasteiger partial charge on any atom is -0.508 e. The lowest BCUT2D eigenvalue weighted by atomic mass is 9.84. The molecular formula is C18H27NO2. The molecule has 0 bridgehead atoms. The van der Waals surface area contributed by atoms with E-state index < -0.39 is 0 Å². The number of aromatic hydroxyl groups is 1. The molecule has 0 spiro atoms. The molecule has 1 atom stereocenters. The molecule has 3 nitrogen and oxygen atoms in total. The molecule has 0 amide bonds. The zero-order valence-corrected chi connectivity index (χ0v) is 13.6. The average molecular weight is 289 g/mol. The Morgan fingerprint density at radius 1 is 1.14 bits per heavy atom. The molecule has 1 saturated heterocycles. The Morgan fingerprint density at radius 2 is 1.81 bits per heavy atom. The minimum absolute atomic E-state index is 0.129. The van der Waals surface area contributed by atoms with Crippen molar-refractivity contribution in [1.29, 1.82) is 0 Å². The number of hydrogen-bond donors (Lipinski definition) is 1. The molecule has 2 aliphatic rings. The largest absolute Gasteiger partial charge is 0.508 e. The van der Waals surface area contributed by atoms with Gasteiger partial charge in [-0.05, 0) is 70.2 Å². The molecule has 1 aliphatic heterocycles. The summed E-state index contributed by atoms with van der Waals surface area (Å²) >= 11 is 0. The summed E-state index contributed by atoms with van der Waals surface area (Å²) in [5, 5.41) is 9.87. The van der Waals surface area contributed by atoms with Crippen LogP contribution in [-0.4, -0.2) is 34.3 Å². The van der Waals surface area contributed by atoms with Crippen LogP contribution in [0.5, 0.6) is 5.75 Å². The van der Waals surface area contributed by atoms with Crippen molar-refractivity contribution in [1.82, 2.24) is 4.90 Å². The van der Waals surface area contributed by atoms with Crippen LogP contribution in [0.1, 0.15) is 57.7 Å². The Balaban J connectivity index is 1.93. The number of aryl methyl sites for hydroxylation is 1. The molecule has 0 radical (unpaired) electrons. The Morgan fingerprint density at radius 3 is 2.48 bits per heavy atom. The first-order chi connectivity index (χ1) is 9.76. The summed E-state index contributed by atoms with van der Waals surface area (Å²) in [6, 6.07) is 6.28. The molecule has 3 rings (SSSR count). The molecule has 0 saturated carbocycles. The number of fused-ring (bicyclic) bond motifs is 1. The van der Waals surface area contributed by atoms with Gasteiger partial charge in [-0.2, -0.15) is 0 Å². The molecule has 21 heavy (non-hydrogen) atoms. The maximum atomic E-state index is 9.87. The second-order valence-corrected chi connectivity index (χ2v) is 7.82. The summed E-state index contributed by atoms with van der Waals surface area (Å²) in [4.78, 5) is 2.56. The van der Waals surface area contributed by atoms with Gasteiger partial charge in [0.2, 0.25) is 0 Å². The zero-order chi connectivity index (χ0) is 15.3. The number of nitrogens with zero attached hydrogens (tertiary/aromatic N) is 1. The van der Waals surface area contributed by atoms with E-state index in [0.29, 0.717) is 11.8 Å². The predicted molar refractivity (Wildman–Crippen MR) is 84.6 cm³/mol. The normalized spacial score (nSPS) is 28.1. The van der Waals surface area contributed by atoms with E-state index in [1.165, 1.54) is 24.0 Å². The van der Waals surface area contributed by atoms with Crippen molar-refractivity contribution in [3.05, 3.63) is 29.3 Å². The summed E-state index contributed by atoms with van der Waals surface area (Å²) in [7, 11) is 0. The second kappa shape index (κ2) is 4.99. The molecule has 1 fully saturated rings. The Labute approximate surface area is 127 Å². The van der Waals surface area contributed by atoms with Gasteiger partial charge >= 0.3 is 0 Å². The first-order valence-corrected chi connectivity index (χ1v) is 8.02. The van der Waals surface area contributed by atoms with Crippen LogP contribution >= 0.6 is 0 Å². The van der Waals surface area contributed by atoms with Crippen molar-refractivity contribution in [2.45, 2.75) is 64.2 Å². The SMILES string of the molecule is CC1(C)CN(C2CCCc3ccc(O)cc32)CC(C)(C)O1. The Kier molecular flexibility index (Phi) is 3.53. The average Bonchev–Trinajstić information content (AvgIpc) is 2.34. The third kappa shape index (κ3) is 3.09. The lowest BCUT2D eigenvalue weighted by Crippen LogP contribution is -2.58. The lowest BCUT2D eigenvalue weighted by molar-refractivity contribution is -0.189. The van der Waals surface area contributed by atoms with E-state index in [1.807, 2.05) is 12.1 Å². The number of hydrogen-bond acceptors (Lipinski definition) is 3. The van der Waals surface area contributed by atoms with E-state index in [4.69, 9.17) is 4.74 Å². The van der Waals surface area contributed by atoms with Crippen LogP contribution in [0.15, 0.2) is 18.2 Å². The maximum Gasteiger partial charge on any atom is 0.115 e. The molecule has 3 heteroatoms. The summed E-state index contributed by atoms with van der Waals surface area (Å²) in [5.74, 6) is 0.382. The Bertz CT molecular complexity index is 520. The van der Waals surface area contributed by atoms with Gasteiger partial charge in [-0.25, -0.2) is 0 Å². The molecule has 1 heterocycles. The van der Waals surface area contributed by atoms with E-state index in [2.05, 4.69) is 38.7 Å². The number of rotatable bonds is 1. The van der Waals surface area contributed by atoms with Gasteiger partial charge in [-0.1, -0.05) is 6.07 Å². The number of phenolic OH excluding ortho intramolecular Hbond substituents is 1. The third-order valence-corrected chi connectivity index (χ3v) is 4.57. The van der Waals surface area contributed by atoms with E-state index in [9.17, 15) is 5.11 Å². The van der Waals surface area contributed by atoms with Crippen molar-refractivity contribution >= 4 is 0 Å². The van der Waals surface area contributed by atoms with Gasteiger partial charge in [0.1, 0.15) is 5.75 Å². The molecule has 1 unspecified atom stereocenters. The highest BCUT2D eigenvalue weighted by Crippen LogP contribution is 2.40. The number of benzene rings is 1. The third-order valence-electron chi connectivity index (χ3n) is 4.57. The van der Waals surface area contributed by atoms with Gasteiger partial charge in [0.05, 0.1) is 11.2 Å². The van der Waals surface area contributed by atoms with Gasteiger partial charge in [0.15, 0.2) is 0 Å². The van der Waals surface area contributed by atoms with Crippen LogP contribution in [-0.2, 0) is 11.2 Å². The predicted octanol–water partition coefficient (Wildman–Crippen LogP) is 3.66. The topological polar surface area (TPSA) is 32.7 Å². The molecule has 1 aliphatic carbocycles. The van der Waals surface area contributed by atoms with Crippen LogP contribution in [0.25, 0.3) is 0 Å². The van der Waals surface area contributed by atoms with E-state index in [-0.39, 0.29) is 11.2 Å². The molecule has 1 aromatic carbocycles. The molecular weight excluding hydrogens is 262 g/mol. The van der Waals surface area contributed by atoms with Crippen molar-refractivity contribution in [2.75, 3.05) is 13.1 Å². The van der Waals surface area contributed by atoms with Gasteiger partial charge in [0.25, 0.3) is 0 Å². The highest BCUT2D eigenvalue weighted by Gasteiger charge is 2.41. The van der Waals surface area contributed by atoms with E-state index >= 15 is 0 Å². The summed E-state index contributed by atoms with van der Waals surface area (Å²) in [5.41, 5.74) is 2.45. The first kappa shape index (κ1) is 14.9. The van der Waals surface area contributed by atoms with Crippen molar-refractivity contribution in [2.24, 2.45) is 0 Å². The summed E-state index contributed by atoms with van der Waals surface area (Å²) in [6.07, 6.45) is 3.52. The molecule has 0 aromatic heterocycles. The fraction of sp³-hybridized carbons (Fsp3) is 0.667.